The molecule has 1 saturated heterocycles. The van der Waals surface area contributed by atoms with Crippen molar-refractivity contribution in [3.8, 4) is 0 Å². The van der Waals surface area contributed by atoms with Crippen molar-refractivity contribution in [3.63, 3.8) is 0 Å². The summed E-state index contributed by atoms with van der Waals surface area (Å²) in [6, 6.07) is 15.2. The number of urea groups is 1. The first-order valence-electron chi connectivity index (χ1n) is 12.0. The number of carbonyl (C=O) groups is 1. The van der Waals surface area contributed by atoms with Gasteiger partial charge in [0.1, 0.15) is 5.82 Å². The summed E-state index contributed by atoms with van der Waals surface area (Å²) in [5.41, 5.74) is -2.34. The van der Waals surface area contributed by atoms with E-state index in [2.05, 4.69) is 15.5 Å². The summed E-state index contributed by atoms with van der Waals surface area (Å²) in [6.07, 6.45) is -10.1. The van der Waals surface area contributed by atoms with E-state index in [1.54, 1.807) is 18.2 Å². The number of anilines is 2. The lowest BCUT2D eigenvalue weighted by atomic mass is 10.0. The van der Waals surface area contributed by atoms with Crippen molar-refractivity contribution in [2.45, 2.75) is 18.4 Å². The number of piperazine rings is 1. The number of hydrogen-bond donors (Lipinski definition) is 2. The fraction of sp³-hybridized carbons (Fsp3) is 0.296. The van der Waals surface area contributed by atoms with E-state index < -0.39 is 35.2 Å². The van der Waals surface area contributed by atoms with Gasteiger partial charge < -0.3 is 15.5 Å². The van der Waals surface area contributed by atoms with Crippen LogP contribution in [0.3, 0.4) is 0 Å². The average Bonchev–Trinajstić information content (AvgIpc) is 2.89. The normalized spacial score (nSPS) is 15.6. The van der Waals surface area contributed by atoms with Crippen LogP contribution in [-0.4, -0.2) is 43.7 Å². The predicted molar refractivity (Wildman–Crippen MR) is 133 cm³/mol. The van der Waals surface area contributed by atoms with Gasteiger partial charge in [0, 0.05) is 38.4 Å². The van der Waals surface area contributed by atoms with E-state index in [1.807, 2.05) is 35.2 Å². The number of amides is 2. The molecule has 1 atom stereocenters. The van der Waals surface area contributed by atoms with Crippen molar-refractivity contribution >= 4 is 17.4 Å². The summed E-state index contributed by atoms with van der Waals surface area (Å²) < 4.78 is 93.2. The first kappa shape index (κ1) is 28.2. The topological polar surface area (TPSA) is 47.6 Å². The molecule has 0 aliphatic carbocycles. The minimum atomic E-state index is -5.03. The van der Waals surface area contributed by atoms with E-state index in [-0.39, 0.29) is 24.5 Å². The molecular weight excluding hydrogens is 529 g/mol. The molecule has 0 bridgehead atoms. The van der Waals surface area contributed by atoms with Gasteiger partial charge in [-0.15, -0.1) is 0 Å². The van der Waals surface area contributed by atoms with Crippen LogP contribution < -0.4 is 15.5 Å². The zero-order valence-electron chi connectivity index (χ0n) is 20.5. The molecule has 2 N–H and O–H groups in total. The van der Waals surface area contributed by atoms with Crippen LogP contribution in [0.2, 0.25) is 0 Å². The largest absolute Gasteiger partial charge is 0.416 e. The van der Waals surface area contributed by atoms with Crippen molar-refractivity contribution in [1.82, 2.24) is 10.2 Å². The van der Waals surface area contributed by atoms with Crippen molar-refractivity contribution in [1.29, 1.82) is 0 Å². The number of nitrogens with one attached hydrogen (secondary N) is 2. The zero-order valence-corrected chi connectivity index (χ0v) is 20.5. The maximum atomic E-state index is 14.2. The number of carbonyl (C=O) groups excluding carboxylic acids is 1. The van der Waals surface area contributed by atoms with Gasteiger partial charge in [-0.05, 0) is 35.9 Å². The molecule has 0 radical (unpaired) electrons. The van der Waals surface area contributed by atoms with Gasteiger partial charge in [0.25, 0.3) is 0 Å². The Morgan fingerprint density at radius 3 is 1.92 bits per heavy atom. The van der Waals surface area contributed by atoms with Crippen molar-refractivity contribution < 1.29 is 35.5 Å². The van der Waals surface area contributed by atoms with Crippen LogP contribution >= 0.6 is 0 Å². The number of halogens is 7. The van der Waals surface area contributed by atoms with Gasteiger partial charge in [-0.3, -0.25) is 4.90 Å². The fourth-order valence-electron chi connectivity index (χ4n) is 4.51. The number of rotatable bonds is 6. The molecule has 1 unspecified atom stereocenters. The summed E-state index contributed by atoms with van der Waals surface area (Å²) in [5, 5.41) is 4.66. The summed E-state index contributed by atoms with van der Waals surface area (Å²) in [6.45, 7) is 2.11. The van der Waals surface area contributed by atoms with Gasteiger partial charge >= 0.3 is 18.4 Å². The highest BCUT2D eigenvalue weighted by Gasteiger charge is 2.37. The molecule has 39 heavy (non-hydrogen) atoms. The van der Waals surface area contributed by atoms with Crippen molar-refractivity contribution in [2.75, 3.05) is 42.9 Å². The maximum absolute atomic E-state index is 14.2. The molecule has 5 nitrogen and oxygen atoms in total. The molecule has 4 rings (SSSR count). The van der Waals surface area contributed by atoms with Gasteiger partial charge in [0.05, 0.1) is 22.9 Å². The van der Waals surface area contributed by atoms with E-state index in [1.165, 1.54) is 6.07 Å². The highest BCUT2D eigenvalue weighted by molar-refractivity contribution is 5.89. The Morgan fingerprint density at radius 1 is 0.795 bits per heavy atom. The lowest BCUT2D eigenvalue weighted by Gasteiger charge is -2.40. The highest BCUT2D eigenvalue weighted by Crippen LogP contribution is 2.37. The van der Waals surface area contributed by atoms with E-state index in [4.69, 9.17) is 0 Å². The number of nitrogens with zero attached hydrogens (tertiary/aromatic N) is 2. The Bertz CT molecular complexity index is 1240. The Labute approximate surface area is 220 Å². The molecule has 1 heterocycles. The number of hydrogen-bond acceptors (Lipinski definition) is 3. The summed E-state index contributed by atoms with van der Waals surface area (Å²) in [4.78, 5) is 16.6. The Kier molecular flexibility index (Phi) is 8.34. The third kappa shape index (κ3) is 7.20. The lowest BCUT2D eigenvalue weighted by Crippen LogP contribution is -2.50. The second-order valence-corrected chi connectivity index (χ2v) is 9.03. The summed E-state index contributed by atoms with van der Waals surface area (Å²) in [7, 11) is 0. The molecular formula is C27H25F7N4O. The quantitative estimate of drug-likeness (QED) is 0.340. The van der Waals surface area contributed by atoms with Gasteiger partial charge in [-0.25, -0.2) is 9.18 Å². The van der Waals surface area contributed by atoms with E-state index in [0.717, 1.165) is 5.56 Å². The third-order valence-electron chi connectivity index (χ3n) is 6.43. The molecule has 12 heteroatoms. The standard InChI is InChI=1S/C27H25F7N4O/c28-22-8-4-5-9-23(22)37-10-12-38(13-11-37)24(18-6-2-1-3-7-18)17-35-25(39)36-21-15-19(26(29,30)31)14-20(16-21)27(32,33)34/h1-9,14-16,24H,10-13,17H2,(H2,35,36,39). The number of alkyl halides is 6. The van der Waals surface area contributed by atoms with Crippen LogP contribution in [0.1, 0.15) is 22.7 Å². The molecule has 0 saturated carbocycles. The monoisotopic (exact) mass is 554 g/mol. The van der Waals surface area contributed by atoms with Crippen LogP contribution in [0.4, 0.5) is 46.9 Å². The molecule has 1 fully saturated rings. The minimum absolute atomic E-state index is 0.00449. The second kappa shape index (κ2) is 11.5. The first-order chi connectivity index (χ1) is 18.4. The fourth-order valence-corrected chi connectivity index (χ4v) is 4.51. The number of para-hydroxylation sites is 1. The van der Waals surface area contributed by atoms with Gasteiger partial charge in [0.2, 0.25) is 0 Å². The Morgan fingerprint density at radius 2 is 1.36 bits per heavy atom. The zero-order chi connectivity index (χ0) is 28.2. The third-order valence-corrected chi connectivity index (χ3v) is 6.43. The highest BCUT2D eigenvalue weighted by atomic mass is 19.4. The molecule has 2 amide bonds. The van der Waals surface area contributed by atoms with Crippen LogP contribution in [0.25, 0.3) is 0 Å². The average molecular weight is 555 g/mol. The molecule has 3 aromatic rings. The van der Waals surface area contributed by atoms with Gasteiger partial charge in [-0.1, -0.05) is 42.5 Å². The van der Waals surface area contributed by atoms with Crippen LogP contribution in [0.15, 0.2) is 72.8 Å². The molecule has 0 aromatic heterocycles. The second-order valence-electron chi connectivity index (χ2n) is 9.03. The first-order valence-corrected chi connectivity index (χ1v) is 12.0. The number of benzene rings is 3. The van der Waals surface area contributed by atoms with Gasteiger partial charge in [-0.2, -0.15) is 26.3 Å². The van der Waals surface area contributed by atoms with Crippen LogP contribution in [0, 0.1) is 5.82 Å². The Balaban J connectivity index is 1.45. The van der Waals surface area contributed by atoms with Crippen LogP contribution in [-0.2, 0) is 12.4 Å². The molecule has 0 spiro atoms. The minimum Gasteiger partial charge on any atom is -0.367 e. The molecule has 1 aliphatic rings. The molecule has 3 aromatic carbocycles. The summed E-state index contributed by atoms with van der Waals surface area (Å²) in [5.74, 6) is -0.327. The smallest absolute Gasteiger partial charge is 0.367 e. The van der Waals surface area contributed by atoms with Crippen molar-refractivity contribution in [2.24, 2.45) is 0 Å². The van der Waals surface area contributed by atoms with E-state index in [0.29, 0.717) is 44.0 Å². The summed E-state index contributed by atoms with van der Waals surface area (Å²) >= 11 is 0. The van der Waals surface area contributed by atoms with E-state index in [9.17, 15) is 35.5 Å². The maximum Gasteiger partial charge on any atom is 0.416 e. The van der Waals surface area contributed by atoms with Crippen molar-refractivity contribution in [3.05, 3.63) is 95.3 Å². The lowest BCUT2D eigenvalue weighted by molar-refractivity contribution is -0.143. The molecule has 1 aliphatic heterocycles. The molecule has 208 valence electrons. The Hall–Kier alpha value is -3.80. The predicted octanol–water partition coefficient (Wildman–Crippen LogP) is 6.55. The van der Waals surface area contributed by atoms with Crippen LogP contribution in [0.5, 0.6) is 0 Å². The van der Waals surface area contributed by atoms with E-state index >= 15 is 0 Å². The van der Waals surface area contributed by atoms with Gasteiger partial charge in [0.15, 0.2) is 0 Å². The SMILES string of the molecule is O=C(NCC(c1ccccc1)N1CCN(c2ccccc2F)CC1)Nc1cc(C(F)(F)F)cc(C(F)(F)F)c1.